The number of hydrogen-bond donors (Lipinski definition) is 4. The van der Waals surface area contributed by atoms with Gasteiger partial charge in [-0.15, -0.1) is 0 Å². The monoisotopic (exact) mass is 382 g/mol. The van der Waals surface area contributed by atoms with E-state index in [0.29, 0.717) is 12.6 Å². The van der Waals surface area contributed by atoms with Gasteiger partial charge in [-0.2, -0.15) is 0 Å². The second kappa shape index (κ2) is 12.8. The average molecular weight is 382 g/mol. The number of benzene rings is 1. The minimum absolute atomic E-state index is 0.114. The van der Waals surface area contributed by atoms with E-state index in [-0.39, 0.29) is 11.5 Å². The normalized spacial score (nSPS) is 14.9. The van der Waals surface area contributed by atoms with E-state index in [1.165, 1.54) is 57.1 Å². The molecule has 8 heteroatoms. The van der Waals surface area contributed by atoms with E-state index in [4.69, 9.17) is 19.8 Å². The van der Waals surface area contributed by atoms with Crippen molar-refractivity contribution < 1.29 is 29.0 Å². The molecule has 0 spiro atoms. The number of carbonyl (C=O) groups excluding carboxylic acids is 1. The van der Waals surface area contributed by atoms with Crippen molar-refractivity contribution in [2.75, 3.05) is 13.1 Å². The van der Waals surface area contributed by atoms with Crippen LogP contribution in [-0.4, -0.2) is 47.2 Å². The number of aliphatic carboxylic acids is 2. The molecule has 0 unspecified atom stereocenters. The zero-order valence-electron chi connectivity index (χ0n) is 15.2. The zero-order chi connectivity index (χ0) is 20.1. The highest BCUT2D eigenvalue weighted by atomic mass is 19.1. The van der Waals surface area contributed by atoms with E-state index in [1.54, 1.807) is 12.1 Å². The van der Waals surface area contributed by atoms with Crippen LogP contribution >= 0.6 is 0 Å². The summed E-state index contributed by atoms with van der Waals surface area (Å²) < 4.78 is 13.4. The first kappa shape index (κ1) is 22.6. The summed E-state index contributed by atoms with van der Waals surface area (Å²) in [6.45, 7) is 1.27. The molecule has 0 atom stereocenters. The molecule has 150 valence electrons. The second-order valence-electron chi connectivity index (χ2n) is 6.34. The smallest absolute Gasteiger partial charge is 0.414 e. The van der Waals surface area contributed by atoms with Crippen molar-refractivity contribution in [1.29, 1.82) is 0 Å². The summed E-state index contributed by atoms with van der Waals surface area (Å²) in [6.07, 6.45) is 9.07. The number of halogens is 1. The fraction of sp³-hybridized carbons (Fsp3) is 0.526. The van der Waals surface area contributed by atoms with E-state index in [2.05, 4.69) is 10.6 Å². The van der Waals surface area contributed by atoms with Gasteiger partial charge in [0.1, 0.15) is 5.82 Å². The molecule has 27 heavy (non-hydrogen) atoms. The van der Waals surface area contributed by atoms with Crippen molar-refractivity contribution in [1.82, 2.24) is 10.6 Å². The van der Waals surface area contributed by atoms with Gasteiger partial charge in [0, 0.05) is 19.1 Å². The zero-order valence-corrected chi connectivity index (χ0v) is 15.2. The maximum atomic E-state index is 13.4. The Labute approximate surface area is 158 Å². The molecule has 2 rings (SSSR count). The van der Waals surface area contributed by atoms with Crippen LogP contribution in [-0.2, 0) is 9.59 Å². The maximum Gasteiger partial charge on any atom is 0.414 e. The standard InChI is InChI=1S/C17H25FN2O.C2H2O4/c18-16-11-7-6-10-15(16)17(21)20-13-12-19-14-8-4-2-1-3-5-9-14;3-1(4)2(5)6/h6-7,10-11,14,19H,1-5,8-9,12-13H2,(H,20,21);(H,3,4)(H,5,6). The third-order valence-electron chi connectivity index (χ3n) is 4.25. The van der Waals surface area contributed by atoms with Gasteiger partial charge in [-0.05, 0) is 25.0 Å². The van der Waals surface area contributed by atoms with Crippen molar-refractivity contribution in [3.05, 3.63) is 35.6 Å². The number of hydrogen-bond acceptors (Lipinski definition) is 4. The van der Waals surface area contributed by atoms with Gasteiger partial charge in [0.15, 0.2) is 0 Å². The molecular weight excluding hydrogens is 355 g/mol. The Hall–Kier alpha value is -2.48. The van der Waals surface area contributed by atoms with Crippen LogP contribution in [0.15, 0.2) is 24.3 Å². The molecule has 1 aromatic rings. The summed E-state index contributed by atoms with van der Waals surface area (Å²) in [5.41, 5.74) is 0.114. The lowest BCUT2D eigenvalue weighted by Gasteiger charge is -2.21. The maximum absolute atomic E-state index is 13.4. The molecule has 0 heterocycles. The van der Waals surface area contributed by atoms with Gasteiger partial charge in [0.2, 0.25) is 0 Å². The minimum Gasteiger partial charge on any atom is -0.473 e. The average Bonchev–Trinajstić information content (AvgIpc) is 2.60. The fourth-order valence-corrected chi connectivity index (χ4v) is 2.85. The molecule has 1 fully saturated rings. The molecule has 7 nitrogen and oxygen atoms in total. The van der Waals surface area contributed by atoms with Crippen molar-refractivity contribution in [2.24, 2.45) is 0 Å². The molecule has 1 aliphatic carbocycles. The molecule has 0 aliphatic heterocycles. The van der Waals surface area contributed by atoms with Crippen LogP contribution in [0.1, 0.15) is 55.3 Å². The van der Waals surface area contributed by atoms with Crippen LogP contribution in [0, 0.1) is 5.82 Å². The summed E-state index contributed by atoms with van der Waals surface area (Å²) in [5.74, 6) is -4.46. The number of carbonyl (C=O) groups is 3. The largest absolute Gasteiger partial charge is 0.473 e. The summed E-state index contributed by atoms with van der Waals surface area (Å²) in [6, 6.07) is 6.64. The number of carboxylic acids is 2. The van der Waals surface area contributed by atoms with Gasteiger partial charge in [-0.25, -0.2) is 14.0 Å². The Bertz CT molecular complexity index is 604. The lowest BCUT2D eigenvalue weighted by Crippen LogP contribution is -2.37. The van der Waals surface area contributed by atoms with Crippen LogP contribution in [0.4, 0.5) is 4.39 Å². The summed E-state index contributed by atoms with van der Waals surface area (Å²) in [7, 11) is 0. The highest BCUT2D eigenvalue weighted by Crippen LogP contribution is 2.16. The number of carboxylic acid groups (broad SMARTS) is 2. The van der Waals surface area contributed by atoms with Crippen LogP contribution < -0.4 is 10.6 Å². The fourth-order valence-electron chi connectivity index (χ4n) is 2.85. The summed E-state index contributed by atoms with van der Waals surface area (Å²) in [5, 5.41) is 21.1. The number of rotatable bonds is 5. The topological polar surface area (TPSA) is 116 Å². The first-order valence-corrected chi connectivity index (χ1v) is 9.14. The van der Waals surface area contributed by atoms with Crippen LogP contribution in [0.25, 0.3) is 0 Å². The van der Waals surface area contributed by atoms with Crippen molar-refractivity contribution in [3.63, 3.8) is 0 Å². The number of nitrogens with one attached hydrogen (secondary N) is 2. The van der Waals surface area contributed by atoms with E-state index in [9.17, 15) is 9.18 Å². The molecular formula is C19H27FN2O5. The Morgan fingerprint density at radius 3 is 2.04 bits per heavy atom. The van der Waals surface area contributed by atoms with Crippen molar-refractivity contribution >= 4 is 17.8 Å². The van der Waals surface area contributed by atoms with Crippen molar-refractivity contribution in [2.45, 2.75) is 51.0 Å². The summed E-state index contributed by atoms with van der Waals surface area (Å²) in [4.78, 5) is 30.0. The molecule has 1 aliphatic rings. The Morgan fingerprint density at radius 2 is 1.48 bits per heavy atom. The second-order valence-corrected chi connectivity index (χ2v) is 6.34. The third-order valence-corrected chi connectivity index (χ3v) is 4.25. The molecule has 1 amide bonds. The molecule has 0 bridgehead atoms. The van der Waals surface area contributed by atoms with Crippen molar-refractivity contribution in [3.8, 4) is 0 Å². The number of amides is 1. The van der Waals surface area contributed by atoms with Gasteiger partial charge >= 0.3 is 11.9 Å². The Balaban J connectivity index is 0.000000527. The van der Waals surface area contributed by atoms with Gasteiger partial charge in [-0.3, -0.25) is 4.79 Å². The van der Waals surface area contributed by atoms with Crippen LogP contribution in [0.5, 0.6) is 0 Å². The lowest BCUT2D eigenvalue weighted by atomic mass is 9.97. The molecule has 0 aromatic heterocycles. The molecule has 0 radical (unpaired) electrons. The first-order valence-electron chi connectivity index (χ1n) is 9.14. The molecule has 4 N–H and O–H groups in total. The first-order chi connectivity index (χ1) is 12.9. The predicted octanol–water partition coefficient (Wildman–Crippen LogP) is 2.41. The van der Waals surface area contributed by atoms with E-state index >= 15 is 0 Å². The van der Waals surface area contributed by atoms with E-state index in [1.807, 2.05) is 0 Å². The third kappa shape index (κ3) is 9.69. The van der Waals surface area contributed by atoms with E-state index < -0.39 is 17.8 Å². The van der Waals surface area contributed by atoms with Gasteiger partial charge in [0.25, 0.3) is 5.91 Å². The van der Waals surface area contributed by atoms with E-state index in [0.717, 1.165) is 6.54 Å². The SMILES string of the molecule is O=C(NCCNC1CCCCCCC1)c1ccccc1F.O=C(O)C(=O)O. The highest BCUT2D eigenvalue weighted by Gasteiger charge is 2.12. The Kier molecular flexibility index (Phi) is 10.7. The van der Waals surface area contributed by atoms with Gasteiger partial charge < -0.3 is 20.8 Å². The molecule has 1 saturated carbocycles. The predicted molar refractivity (Wildman–Crippen MR) is 98.1 cm³/mol. The quantitative estimate of drug-likeness (QED) is 0.459. The van der Waals surface area contributed by atoms with Crippen LogP contribution in [0.3, 0.4) is 0 Å². The lowest BCUT2D eigenvalue weighted by molar-refractivity contribution is -0.159. The van der Waals surface area contributed by atoms with Gasteiger partial charge in [-0.1, -0.05) is 44.2 Å². The highest BCUT2D eigenvalue weighted by molar-refractivity contribution is 6.27. The van der Waals surface area contributed by atoms with Gasteiger partial charge in [0.05, 0.1) is 5.56 Å². The minimum atomic E-state index is -1.82. The Morgan fingerprint density at radius 1 is 0.926 bits per heavy atom. The van der Waals surface area contributed by atoms with Crippen LogP contribution in [0.2, 0.25) is 0 Å². The molecule has 1 aromatic carbocycles. The summed E-state index contributed by atoms with van der Waals surface area (Å²) >= 11 is 0. The molecule has 0 saturated heterocycles.